The average Bonchev–Trinajstić information content (AvgIpc) is 2.14. The molecular weight excluding hydrogens is 176 g/mol. The average molecular weight is 192 g/mol. The Morgan fingerprint density at radius 2 is 1.93 bits per heavy atom. The quantitative estimate of drug-likeness (QED) is 0.688. The predicted molar refractivity (Wildman–Crippen MR) is 56.7 cm³/mol. The molecule has 2 heteroatoms. The summed E-state index contributed by atoms with van der Waals surface area (Å²) >= 11 is 0. The van der Waals surface area contributed by atoms with Crippen molar-refractivity contribution in [1.29, 1.82) is 0 Å². The van der Waals surface area contributed by atoms with Crippen molar-refractivity contribution in [2.45, 2.75) is 26.2 Å². The molecule has 0 aliphatic heterocycles. The van der Waals surface area contributed by atoms with E-state index in [9.17, 15) is 4.79 Å². The fraction of sp³-hybridized carbons (Fsp3) is 0.417. The van der Waals surface area contributed by atoms with Crippen molar-refractivity contribution in [3.63, 3.8) is 0 Å². The van der Waals surface area contributed by atoms with Crippen molar-refractivity contribution < 1.29 is 9.53 Å². The zero-order valence-corrected chi connectivity index (χ0v) is 8.91. The van der Waals surface area contributed by atoms with Gasteiger partial charge >= 0.3 is 0 Å². The zero-order chi connectivity index (χ0) is 10.6. The first-order valence-electron chi connectivity index (χ1n) is 4.71. The smallest absolute Gasteiger partial charge is 0.157 e. The number of carbonyl (C=O) groups excluding carboxylic acids is 1. The van der Waals surface area contributed by atoms with E-state index in [0.717, 1.165) is 17.6 Å². The summed E-state index contributed by atoms with van der Waals surface area (Å²) in [4.78, 5) is 10.2. The van der Waals surface area contributed by atoms with Gasteiger partial charge < -0.3 is 4.74 Å². The van der Waals surface area contributed by atoms with Crippen LogP contribution in [0.2, 0.25) is 0 Å². The molecule has 14 heavy (non-hydrogen) atoms. The molecule has 0 aromatic heterocycles. The number of rotatable bonds is 3. The lowest BCUT2D eigenvalue weighted by Crippen LogP contribution is -2.13. The van der Waals surface area contributed by atoms with E-state index < -0.39 is 0 Å². The van der Waals surface area contributed by atoms with Gasteiger partial charge in [-0.1, -0.05) is 39.0 Å². The SMILES string of the molecule is CC(C)(C)c1ccccc1OCC=O. The van der Waals surface area contributed by atoms with Gasteiger partial charge in [0.15, 0.2) is 6.29 Å². The van der Waals surface area contributed by atoms with Gasteiger partial charge in [0.1, 0.15) is 12.4 Å². The second kappa shape index (κ2) is 4.27. The Kier molecular flexibility index (Phi) is 3.28. The van der Waals surface area contributed by atoms with Crippen LogP contribution in [0.15, 0.2) is 24.3 Å². The van der Waals surface area contributed by atoms with Crippen LogP contribution in [0, 0.1) is 0 Å². The minimum Gasteiger partial charge on any atom is -0.486 e. The highest BCUT2D eigenvalue weighted by atomic mass is 16.5. The summed E-state index contributed by atoms with van der Waals surface area (Å²) in [5, 5.41) is 0. The monoisotopic (exact) mass is 192 g/mol. The highest BCUT2D eigenvalue weighted by molar-refractivity contribution is 5.52. The molecule has 0 saturated heterocycles. The summed E-state index contributed by atoms with van der Waals surface area (Å²) in [5.41, 5.74) is 1.17. The number of para-hydroxylation sites is 1. The molecule has 0 spiro atoms. The summed E-state index contributed by atoms with van der Waals surface area (Å²) in [6.07, 6.45) is 0.763. The van der Waals surface area contributed by atoms with Gasteiger partial charge in [0, 0.05) is 0 Å². The minimum atomic E-state index is 0.0411. The fourth-order valence-corrected chi connectivity index (χ4v) is 1.34. The highest BCUT2D eigenvalue weighted by Crippen LogP contribution is 2.30. The maximum atomic E-state index is 10.2. The van der Waals surface area contributed by atoms with Crippen LogP contribution in [0.5, 0.6) is 5.75 Å². The first-order valence-corrected chi connectivity index (χ1v) is 4.71. The Morgan fingerprint density at radius 3 is 2.50 bits per heavy atom. The normalized spacial score (nSPS) is 11.1. The van der Waals surface area contributed by atoms with E-state index in [1.54, 1.807) is 0 Å². The van der Waals surface area contributed by atoms with E-state index in [0.29, 0.717) is 0 Å². The molecule has 0 heterocycles. The fourth-order valence-electron chi connectivity index (χ4n) is 1.34. The lowest BCUT2D eigenvalue weighted by Gasteiger charge is -2.22. The molecule has 0 aliphatic rings. The van der Waals surface area contributed by atoms with Gasteiger partial charge in [0.05, 0.1) is 0 Å². The summed E-state index contributed by atoms with van der Waals surface area (Å²) in [6, 6.07) is 7.81. The molecular formula is C12H16O2. The molecule has 0 saturated carbocycles. The molecule has 0 atom stereocenters. The molecule has 0 radical (unpaired) electrons. The maximum Gasteiger partial charge on any atom is 0.157 e. The first-order chi connectivity index (χ1) is 6.55. The third kappa shape index (κ3) is 2.59. The standard InChI is InChI=1S/C12H16O2/c1-12(2,3)10-6-4-5-7-11(10)14-9-8-13/h4-8H,9H2,1-3H3. The maximum absolute atomic E-state index is 10.2. The van der Waals surface area contributed by atoms with Crippen molar-refractivity contribution in [2.75, 3.05) is 6.61 Å². The van der Waals surface area contributed by atoms with E-state index in [1.807, 2.05) is 24.3 Å². The Morgan fingerprint density at radius 1 is 1.29 bits per heavy atom. The van der Waals surface area contributed by atoms with Crippen LogP contribution >= 0.6 is 0 Å². The van der Waals surface area contributed by atoms with E-state index in [1.165, 1.54) is 0 Å². The lowest BCUT2D eigenvalue weighted by molar-refractivity contribution is -0.109. The lowest BCUT2D eigenvalue weighted by atomic mass is 9.86. The summed E-state index contributed by atoms with van der Waals surface area (Å²) in [7, 11) is 0. The molecule has 76 valence electrons. The highest BCUT2D eigenvalue weighted by Gasteiger charge is 2.17. The Bertz CT molecular complexity index is 310. The van der Waals surface area contributed by atoms with Crippen LogP contribution in [-0.2, 0) is 10.2 Å². The molecule has 1 rings (SSSR count). The summed E-state index contributed by atoms with van der Waals surface area (Å²) in [6.45, 7) is 6.48. The third-order valence-corrected chi connectivity index (χ3v) is 2.00. The van der Waals surface area contributed by atoms with Crippen LogP contribution in [0.1, 0.15) is 26.3 Å². The van der Waals surface area contributed by atoms with Crippen molar-refractivity contribution in [2.24, 2.45) is 0 Å². The van der Waals surface area contributed by atoms with E-state index in [-0.39, 0.29) is 12.0 Å². The van der Waals surface area contributed by atoms with Crippen molar-refractivity contribution >= 4 is 6.29 Å². The number of benzene rings is 1. The van der Waals surface area contributed by atoms with Gasteiger partial charge in [-0.15, -0.1) is 0 Å². The first kappa shape index (κ1) is 10.8. The molecule has 2 nitrogen and oxygen atoms in total. The van der Waals surface area contributed by atoms with Crippen LogP contribution in [0.3, 0.4) is 0 Å². The van der Waals surface area contributed by atoms with Crippen LogP contribution < -0.4 is 4.74 Å². The third-order valence-electron chi connectivity index (χ3n) is 2.00. The van der Waals surface area contributed by atoms with Gasteiger partial charge in [-0.05, 0) is 17.0 Å². The van der Waals surface area contributed by atoms with Gasteiger partial charge in [0.25, 0.3) is 0 Å². The molecule has 0 bridgehead atoms. The zero-order valence-electron chi connectivity index (χ0n) is 8.91. The topological polar surface area (TPSA) is 26.3 Å². The molecule has 0 unspecified atom stereocenters. The summed E-state index contributed by atoms with van der Waals surface area (Å²) in [5.74, 6) is 0.798. The molecule has 0 amide bonds. The number of hydrogen-bond donors (Lipinski definition) is 0. The number of carbonyl (C=O) groups is 1. The van der Waals surface area contributed by atoms with Crippen LogP contribution in [-0.4, -0.2) is 12.9 Å². The molecule has 1 aromatic rings. The number of aldehydes is 1. The summed E-state index contributed by atoms with van der Waals surface area (Å²) < 4.78 is 5.34. The van der Waals surface area contributed by atoms with Gasteiger partial charge in [-0.2, -0.15) is 0 Å². The van der Waals surface area contributed by atoms with Crippen LogP contribution in [0.4, 0.5) is 0 Å². The number of hydrogen-bond acceptors (Lipinski definition) is 2. The van der Waals surface area contributed by atoms with Crippen molar-refractivity contribution in [1.82, 2.24) is 0 Å². The second-order valence-corrected chi connectivity index (χ2v) is 4.22. The van der Waals surface area contributed by atoms with E-state index in [4.69, 9.17) is 4.74 Å². The molecule has 0 N–H and O–H groups in total. The molecule has 1 aromatic carbocycles. The van der Waals surface area contributed by atoms with Crippen molar-refractivity contribution in [3.8, 4) is 5.75 Å². The van der Waals surface area contributed by atoms with Gasteiger partial charge in [0.2, 0.25) is 0 Å². The van der Waals surface area contributed by atoms with Crippen molar-refractivity contribution in [3.05, 3.63) is 29.8 Å². The van der Waals surface area contributed by atoms with Crippen LogP contribution in [0.25, 0.3) is 0 Å². The molecule has 0 aliphatic carbocycles. The largest absolute Gasteiger partial charge is 0.486 e. The Hall–Kier alpha value is -1.31. The molecule has 0 fully saturated rings. The minimum absolute atomic E-state index is 0.0411. The van der Waals surface area contributed by atoms with E-state index >= 15 is 0 Å². The number of ether oxygens (including phenoxy) is 1. The van der Waals surface area contributed by atoms with Gasteiger partial charge in [-0.25, -0.2) is 0 Å². The Labute approximate surface area is 84.9 Å². The van der Waals surface area contributed by atoms with E-state index in [2.05, 4.69) is 20.8 Å². The second-order valence-electron chi connectivity index (χ2n) is 4.22. The predicted octanol–water partition coefficient (Wildman–Crippen LogP) is 2.56. The Balaban J connectivity index is 2.97. The van der Waals surface area contributed by atoms with Gasteiger partial charge in [-0.3, -0.25) is 4.79 Å².